The highest BCUT2D eigenvalue weighted by molar-refractivity contribution is 6.33. The molecule has 5 heteroatoms. The van der Waals surface area contributed by atoms with Gasteiger partial charge in [0.25, 0.3) is 0 Å². The third-order valence-electron chi connectivity index (χ3n) is 7.77. The maximum Gasteiger partial charge on any atom is 0.635 e. The van der Waals surface area contributed by atoms with Crippen molar-refractivity contribution in [1.29, 1.82) is 0 Å². The molecule has 0 aromatic heterocycles. The van der Waals surface area contributed by atoms with E-state index in [4.69, 9.17) is 4.65 Å². The van der Waals surface area contributed by atoms with Gasteiger partial charge in [0.1, 0.15) is 5.60 Å². The molecule has 0 aliphatic rings. The zero-order valence-electron chi connectivity index (χ0n) is 25.5. The van der Waals surface area contributed by atoms with Crippen molar-refractivity contribution in [2.45, 2.75) is 84.7 Å². The van der Waals surface area contributed by atoms with E-state index >= 15 is 0 Å². The molecule has 4 nitrogen and oxygen atoms in total. The average Bonchev–Trinajstić information content (AvgIpc) is 3.00. The van der Waals surface area contributed by atoms with Crippen molar-refractivity contribution in [2.75, 3.05) is 26.2 Å². The first-order valence-electron chi connectivity index (χ1n) is 15.5. The average molecular weight is 547 g/mol. The van der Waals surface area contributed by atoms with Crippen LogP contribution in [0.1, 0.15) is 95.8 Å². The van der Waals surface area contributed by atoms with Crippen molar-refractivity contribution in [3.8, 4) is 0 Å². The fraction of sp³-hybridized carbons (Fsp3) is 0.486. The molecule has 0 fully saturated rings. The van der Waals surface area contributed by atoms with Gasteiger partial charge in [-0.05, 0) is 42.4 Å². The molecule has 0 unspecified atom stereocenters. The number of hydrogen-bond donors (Lipinski definition) is 2. The Hall–Kier alpha value is -2.44. The first-order chi connectivity index (χ1) is 19.5. The van der Waals surface area contributed by atoms with Crippen molar-refractivity contribution >= 4 is 7.32 Å². The molecule has 2 N–H and O–H groups in total. The highest BCUT2D eigenvalue weighted by atomic mass is 16.6. The predicted molar refractivity (Wildman–Crippen MR) is 170 cm³/mol. The molecule has 218 valence electrons. The second-order valence-corrected chi connectivity index (χ2v) is 10.9. The van der Waals surface area contributed by atoms with Gasteiger partial charge in [0.15, 0.2) is 0 Å². The SMILES string of the molecule is CCCC[N+](CCCC)(CCCC)CCCC.OB(O)OC(c1ccccc1)(c1ccccc1)c1ccccc1. The zero-order valence-corrected chi connectivity index (χ0v) is 25.5. The summed E-state index contributed by atoms with van der Waals surface area (Å²) in [4.78, 5) is 0. The monoisotopic (exact) mass is 546 g/mol. The third-order valence-corrected chi connectivity index (χ3v) is 7.77. The summed E-state index contributed by atoms with van der Waals surface area (Å²) in [6.07, 6.45) is 11.1. The van der Waals surface area contributed by atoms with E-state index in [0.29, 0.717) is 0 Å². The van der Waals surface area contributed by atoms with Crippen LogP contribution in [0, 0.1) is 0 Å². The van der Waals surface area contributed by atoms with Gasteiger partial charge in [-0.3, -0.25) is 0 Å². The molecule has 0 spiro atoms. The van der Waals surface area contributed by atoms with Crippen molar-refractivity contribution < 1.29 is 19.2 Å². The molecule has 0 aliphatic heterocycles. The second-order valence-electron chi connectivity index (χ2n) is 10.9. The van der Waals surface area contributed by atoms with E-state index in [2.05, 4.69) is 27.7 Å². The summed E-state index contributed by atoms with van der Waals surface area (Å²) in [5.74, 6) is 0. The summed E-state index contributed by atoms with van der Waals surface area (Å²) < 4.78 is 7.13. The van der Waals surface area contributed by atoms with Crippen LogP contribution in [0.15, 0.2) is 91.0 Å². The maximum absolute atomic E-state index is 9.61. The van der Waals surface area contributed by atoms with E-state index in [-0.39, 0.29) is 0 Å². The van der Waals surface area contributed by atoms with Crippen LogP contribution in [0.2, 0.25) is 0 Å². The van der Waals surface area contributed by atoms with E-state index in [1.165, 1.54) is 82.0 Å². The Kier molecular flexibility index (Phi) is 15.9. The number of hydrogen-bond acceptors (Lipinski definition) is 3. The lowest BCUT2D eigenvalue weighted by atomic mass is 9.79. The summed E-state index contributed by atoms with van der Waals surface area (Å²) in [5.41, 5.74) is 1.37. The van der Waals surface area contributed by atoms with E-state index in [0.717, 1.165) is 16.7 Å². The number of benzene rings is 3. The Morgan fingerprint density at radius 2 is 0.800 bits per heavy atom. The Labute approximate surface area is 244 Å². The van der Waals surface area contributed by atoms with Crippen LogP contribution in [-0.4, -0.2) is 48.0 Å². The maximum atomic E-state index is 9.61. The molecule has 0 bridgehead atoms. The highest BCUT2D eigenvalue weighted by Crippen LogP contribution is 2.40. The van der Waals surface area contributed by atoms with Crippen LogP contribution in [0.5, 0.6) is 0 Å². The van der Waals surface area contributed by atoms with E-state index in [9.17, 15) is 10.0 Å². The van der Waals surface area contributed by atoms with Crippen LogP contribution in [-0.2, 0) is 10.3 Å². The lowest BCUT2D eigenvalue weighted by molar-refractivity contribution is -0.929. The van der Waals surface area contributed by atoms with Crippen LogP contribution in [0.4, 0.5) is 0 Å². The zero-order chi connectivity index (χ0) is 29.1. The first kappa shape index (κ1) is 33.8. The lowest BCUT2D eigenvalue weighted by Gasteiger charge is -2.39. The minimum Gasteiger partial charge on any atom is -0.402 e. The topological polar surface area (TPSA) is 49.7 Å². The molecule has 40 heavy (non-hydrogen) atoms. The Morgan fingerprint density at radius 3 is 1.02 bits per heavy atom. The van der Waals surface area contributed by atoms with E-state index < -0.39 is 12.9 Å². The highest BCUT2D eigenvalue weighted by Gasteiger charge is 2.40. The molecule has 3 aromatic carbocycles. The van der Waals surface area contributed by atoms with Crippen molar-refractivity contribution in [2.24, 2.45) is 0 Å². The van der Waals surface area contributed by atoms with Gasteiger partial charge in [0, 0.05) is 0 Å². The van der Waals surface area contributed by atoms with Gasteiger partial charge in [-0.1, -0.05) is 144 Å². The molecule has 0 saturated heterocycles. The molecular weight excluding hydrogens is 493 g/mol. The third kappa shape index (κ3) is 10.2. The Bertz CT molecular complexity index is 880. The largest absolute Gasteiger partial charge is 0.635 e. The molecule has 0 heterocycles. The van der Waals surface area contributed by atoms with Crippen molar-refractivity contribution in [1.82, 2.24) is 0 Å². The number of nitrogens with zero attached hydrogens (tertiary/aromatic N) is 1. The predicted octanol–water partition coefficient (Wildman–Crippen LogP) is 7.97. The Morgan fingerprint density at radius 1 is 0.525 bits per heavy atom. The molecule has 0 aliphatic carbocycles. The minimum atomic E-state index is -1.91. The van der Waals surface area contributed by atoms with Crippen molar-refractivity contribution in [3.63, 3.8) is 0 Å². The molecule has 3 rings (SSSR count). The smallest absolute Gasteiger partial charge is 0.402 e. The summed E-state index contributed by atoms with van der Waals surface area (Å²) in [6, 6.07) is 28.7. The molecule has 0 saturated carbocycles. The van der Waals surface area contributed by atoms with Crippen molar-refractivity contribution in [3.05, 3.63) is 108 Å². The van der Waals surface area contributed by atoms with E-state index in [1.807, 2.05) is 91.0 Å². The van der Waals surface area contributed by atoms with Gasteiger partial charge < -0.3 is 19.2 Å². The molecular formula is C35H53BNO3+. The van der Waals surface area contributed by atoms with Gasteiger partial charge in [-0.25, -0.2) is 0 Å². The fourth-order valence-corrected chi connectivity index (χ4v) is 5.53. The summed E-state index contributed by atoms with van der Waals surface area (Å²) in [7, 11) is -1.91. The molecule has 0 radical (unpaired) electrons. The number of rotatable bonds is 17. The second kappa shape index (κ2) is 18.8. The lowest BCUT2D eigenvalue weighted by Crippen LogP contribution is -2.50. The molecule has 0 amide bonds. The van der Waals surface area contributed by atoms with E-state index in [1.54, 1.807) is 0 Å². The summed E-state index contributed by atoms with van der Waals surface area (Å²) >= 11 is 0. The van der Waals surface area contributed by atoms with Gasteiger partial charge >= 0.3 is 7.32 Å². The van der Waals surface area contributed by atoms with Gasteiger partial charge in [0.05, 0.1) is 26.2 Å². The quantitative estimate of drug-likeness (QED) is 0.103. The Balaban J connectivity index is 0.000000296. The van der Waals surface area contributed by atoms with Crippen LogP contribution < -0.4 is 0 Å². The van der Waals surface area contributed by atoms with Crippen LogP contribution >= 0.6 is 0 Å². The normalized spacial score (nSPS) is 11.6. The van der Waals surface area contributed by atoms with Crippen LogP contribution in [0.25, 0.3) is 0 Å². The molecule has 3 aromatic rings. The number of unbranched alkanes of at least 4 members (excludes halogenated alkanes) is 4. The van der Waals surface area contributed by atoms with Crippen LogP contribution in [0.3, 0.4) is 0 Å². The number of quaternary nitrogens is 1. The fourth-order valence-electron chi connectivity index (χ4n) is 5.53. The summed E-state index contributed by atoms with van der Waals surface area (Å²) in [6.45, 7) is 15.0. The standard InChI is InChI=1S/C19H17BO3.C16H36N/c21-20(22)23-19(16-10-4-1-5-11-16,17-12-6-2-7-13-17)18-14-8-3-9-15-18;1-5-9-13-17(14-10-6-2,15-11-7-3)16-12-8-4/h1-15,21-22H;5-16H2,1-4H3/q;+1. The van der Waals surface area contributed by atoms with Gasteiger partial charge in [-0.2, -0.15) is 0 Å². The first-order valence-corrected chi connectivity index (χ1v) is 15.5. The summed E-state index contributed by atoms with van der Waals surface area (Å²) in [5, 5.41) is 19.2. The van der Waals surface area contributed by atoms with Gasteiger partial charge in [0.2, 0.25) is 0 Å². The minimum absolute atomic E-state index is 0.825. The molecule has 0 atom stereocenters. The van der Waals surface area contributed by atoms with Gasteiger partial charge in [-0.15, -0.1) is 0 Å².